The second kappa shape index (κ2) is 9.85. The third kappa shape index (κ3) is 4.46. The Kier molecular flexibility index (Phi) is 7.45. The Labute approximate surface area is 228 Å². The molecule has 0 bridgehead atoms. The number of ether oxygens (including phenoxy) is 5. The molecule has 0 aromatic rings. The van der Waals surface area contributed by atoms with Gasteiger partial charge in [0.2, 0.25) is 0 Å². The highest BCUT2D eigenvalue weighted by atomic mass is 16.7. The first-order valence-electron chi connectivity index (χ1n) is 13.6. The van der Waals surface area contributed by atoms with Gasteiger partial charge >= 0.3 is 23.9 Å². The Balaban J connectivity index is 1.94. The van der Waals surface area contributed by atoms with Gasteiger partial charge in [0.05, 0.1) is 11.5 Å². The second-order valence-corrected chi connectivity index (χ2v) is 12.0. The van der Waals surface area contributed by atoms with Crippen molar-refractivity contribution in [2.75, 3.05) is 0 Å². The number of hydrogen-bond donors (Lipinski definition) is 2. The molecule has 2 N–H and O–H groups in total. The highest BCUT2D eigenvalue weighted by Crippen LogP contribution is 2.65. The van der Waals surface area contributed by atoms with Crippen LogP contribution in [0.5, 0.6) is 0 Å². The topological polar surface area (TPSA) is 158 Å². The van der Waals surface area contributed by atoms with Crippen molar-refractivity contribution in [2.24, 2.45) is 11.3 Å². The maximum atomic E-state index is 12.9. The summed E-state index contributed by atoms with van der Waals surface area (Å²) >= 11 is 0. The maximum Gasteiger partial charge on any atom is 0.342 e. The van der Waals surface area contributed by atoms with Gasteiger partial charge in [0, 0.05) is 32.6 Å². The first kappa shape index (κ1) is 29.5. The van der Waals surface area contributed by atoms with Gasteiger partial charge in [-0.25, -0.2) is 4.79 Å². The Morgan fingerprint density at radius 1 is 1.05 bits per heavy atom. The molecule has 4 rings (SSSR count). The third-order valence-electron chi connectivity index (χ3n) is 9.23. The number of carbonyl (C=O) groups excluding carboxylic acids is 4. The summed E-state index contributed by atoms with van der Waals surface area (Å²) in [7, 11) is 0. The van der Waals surface area contributed by atoms with E-state index in [2.05, 4.69) is 0 Å². The summed E-state index contributed by atoms with van der Waals surface area (Å²) in [6, 6.07) is 0. The molecule has 1 unspecified atom stereocenters. The number of aliphatic hydroxyl groups is 2. The van der Waals surface area contributed by atoms with Crippen LogP contribution >= 0.6 is 0 Å². The molecule has 1 spiro atoms. The van der Waals surface area contributed by atoms with Gasteiger partial charge in [-0.2, -0.15) is 0 Å². The highest BCUT2D eigenvalue weighted by Gasteiger charge is 2.87. The summed E-state index contributed by atoms with van der Waals surface area (Å²) in [5.74, 6) is -3.69. The van der Waals surface area contributed by atoms with E-state index in [1.54, 1.807) is 13.0 Å². The zero-order chi connectivity index (χ0) is 29.1. The van der Waals surface area contributed by atoms with Gasteiger partial charge in [0.1, 0.15) is 23.9 Å². The molecule has 2 saturated heterocycles. The van der Waals surface area contributed by atoms with Gasteiger partial charge in [-0.3, -0.25) is 14.4 Å². The van der Waals surface area contributed by atoms with Crippen molar-refractivity contribution >= 4 is 23.9 Å². The summed E-state index contributed by atoms with van der Waals surface area (Å²) in [6.07, 6.45) is -2.79. The fourth-order valence-corrected chi connectivity index (χ4v) is 7.22. The van der Waals surface area contributed by atoms with Crippen LogP contribution in [0.15, 0.2) is 11.6 Å². The van der Waals surface area contributed by atoms with Crippen LogP contribution in [0.3, 0.4) is 0 Å². The van der Waals surface area contributed by atoms with Crippen molar-refractivity contribution in [1.82, 2.24) is 0 Å². The molecule has 0 amide bonds. The molecule has 39 heavy (non-hydrogen) atoms. The van der Waals surface area contributed by atoms with E-state index >= 15 is 0 Å². The van der Waals surface area contributed by atoms with E-state index in [-0.39, 0.29) is 19.3 Å². The molecule has 1 saturated carbocycles. The van der Waals surface area contributed by atoms with Crippen molar-refractivity contribution < 1.29 is 53.1 Å². The molecule has 2 aliphatic carbocycles. The number of rotatable bonds is 5. The van der Waals surface area contributed by atoms with Gasteiger partial charge in [-0.05, 0) is 46.1 Å². The quantitative estimate of drug-likeness (QED) is 0.222. The molecule has 3 fully saturated rings. The predicted molar refractivity (Wildman–Crippen MR) is 134 cm³/mol. The zero-order valence-corrected chi connectivity index (χ0v) is 23.6. The van der Waals surface area contributed by atoms with E-state index in [0.717, 1.165) is 5.57 Å². The van der Waals surface area contributed by atoms with Crippen LogP contribution in [0.25, 0.3) is 0 Å². The van der Waals surface area contributed by atoms with Crippen LogP contribution in [0, 0.1) is 11.3 Å². The molecular formula is C28H40O11. The second-order valence-electron chi connectivity index (χ2n) is 12.0. The number of esters is 4. The minimum Gasteiger partial charge on any atom is -0.462 e. The zero-order valence-electron chi connectivity index (χ0n) is 23.6. The largest absolute Gasteiger partial charge is 0.462 e. The Morgan fingerprint density at radius 2 is 1.67 bits per heavy atom. The van der Waals surface area contributed by atoms with Crippen LogP contribution < -0.4 is 0 Å². The number of epoxide rings is 1. The first-order chi connectivity index (χ1) is 18.0. The summed E-state index contributed by atoms with van der Waals surface area (Å²) in [4.78, 5) is 50.2. The molecule has 2 aliphatic heterocycles. The molecule has 10 atom stereocenters. The fourth-order valence-electron chi connectivity index (χ4n) is 7.22. The molecule has 11 nitrogen and oxygen atoms in total. The standard InChI is InChI=1S/C28H40O11/c1-8-9-21(31)37-19-13-18(36-16(4)30)25(5)17(35-15(3)29)11-10-14(2)12-20-28(23(32)22(25)26(19,6)34)27(7,39-28)24(33)38-20/h12,17-20,22-23,32,34H,8-11,13H2,1-7H3/b14-12-/t17-,18-,19+,20?,22+,23+,25-,26-,27-,28-/m0/s1. The van der Waals surface area contributed by atoms with Crippen LogP contribution in [0.4, 0.5) is 0 Å². The normalized spacial score (nSPS) is 46.3. The number of fused-ring (bicyclic) bond motifs is 1. The number of aliphatic hydroxyl groups excluding tert-OH is 1. The number of hydrogen-bond acceptors (Lipinski definition) is 11. The van der Waals surface area contributed by atoms with E-state index in [1.165, 1.54) is 27.7 Å². The van der Waals surface area contributed by atoms with Gasteiger partial charge in [-0.1, -0.05) is 19.4 Å². The lowest BCUT2D eigenvalue weighted by atomic mass is 9.51. The average Bonchev–Trinajstić information content (AvgIpc) is 3.40. The lowest BCUT2D eigenvalue weighted by Gasteiger charge is -2.59. The average molecular weight is 553 g/mol. The molecule has 4 aliphatic rings. The third-order valence-corrected chi connectivity index (χ3v) is 9.23. The van der Waals surface area contributed by atoms with Gasteiger partial charge in [0.25, 0.3) is 0 Å². The van der Waals surface area contributed by atoms with Crippen LogP contribution in [-0.4, -0.2) is 81.4 Å². The monoisotopic (exact) mass is 552 g/mol. The highest BCUT2D eigenvalue weighted by molar-refractivity contribution is 5.89. The van der Waals surface area contributed by atoms with E-state index in [1.807, 2.05) is 13.8 Å². The van der Waals surface area contributed by atoms with Crippen LogP contribution in [0.1, 0.15) is 80.6 Å². The van der Waals surface area contributed by atoms with E-state index in [9.17, 15) is 29.4 Å². The van der Waals surface area contributed by atoms with Crippen molar-refractivity contribution in [3.8, 4) is 0 Å². The summed E-state index contributed by atoms with van der Waals surface area (Å²) in [5.41, 5.74) is -5.58. The Hall–Kier alpha value is -2.50. The fraction of sp³-hybridized carbons (Fsp3) is 0.786. The molecule has 0 radical (unpaired) electrons. The van der Waals surface area contributed by atoms with Crippen molar-refractivity contribution in [3.63, 3.8) is 0 Å². The molecule has 11 heteroatoms. The van der Waals surface area contributed by atoms with Gasteiger partial charge in [0.15, 0.2) is 17.3 Å². The van der Waals surface area contributed by atoms with Crippen molar-refractivity contribution in [2.45, 2.75) is 128 Å². The van der Waals surface area contributed by atoms with Crippen LogP contribution in [-0.2, 0) is 42.9 Å². The molecule has 0 aromatic heterocycles. The Morgan fingerprint density at radius 3 is 2.23 bits per heavy atom. The lowest BCUT2D eigenvalue weighted by Crippen LogP contribution is -2.72. The molecule has 2 heterocycles. The van der Waals surface area contributed by atoms with Crippen molar-refractivity contribution in [1.29, 1.82) is 0 Å². The first-order valence-corrected chi connectivity index (χ1v) is 13.6. The van der Waals surface area contributed by atoms with Gasteiger partial charge < -0.3 is 33.9 Å². The molecule has 0 aromatic carbocycles. The lowest BCUT2D eigenvalue weighted by molar-refractivity contribution is -0.274. The SMILES string of the molecule is CCCC(=O)O[C@@H]1C[C@H](OC(C)=O)[C@]2(C)[C@@H](OC(C)=O)CC/C(C)=C\C3OC(=O)[C@]4(C)O[C@]34[C@H](O)[C@H]2[C@@]1(C)O. The smallest absolute Gasteiger partial charge is 0.342 e. The predicted octanol–water partition coefficient (Wildman–Crippen LogP) is 1.89. The summed E-state index contributed by atoms with van der Waals surface area (Å²) < 4.78 is 29.0. The summed E-state index contributed by atoms with van der Waals surface area (Å²) in [6.45, 7) is 10.8. The molecule has 218 valence electrons. The minimum atomic E-state index is -1.93. The van der Waals surface area contributed by atoms with Crippen molar-refractivity contribution in [3.05, 3.63) is 11.6 Å². The Bertz CT molecular complexity index is 1080. The molecular weight excluding hydrogens is 512 g/mol. The van der Waals surface area contributed by atoms with Crippen LogP contribution in [0.2, 0.25) is 0 Å². The summed E-state index contributed by atoms with van der Waals surface area (Å²) in [5, 5.41) is 24.5. The minimum absolute atomic E-state index is 0.0989. The van der Waals surface area contributed by atoms with E-state index < -0.39 is 82.5 Å². The number of allylic oxidation sites excluding steroid dienone is 1. The van der Waals surface area contributed by atoms with Gasteiger partial charge in [-0.15, -0.1) is 0 Å². The van der Waals surface area contributed by atoms with E-state index in [0.29, 0.717) is 12.8 Å². The van der Waals surface area contributed by atoms with E-state index in [4.69, 9.17) is 23.7 Å². The maximum absolute atomic E-state index is 12.9. The number of carbonyl (C=O) groups is 4.